The average Bonchev–Trinajstić information content (AvgIpc) is 2.55. The van der Waals surface area contributed by atoms with Gasteiger partial charge < -0.3 is 15.5 Å². The van der Waals surface area contributed by atoms with E-state index >= 15 is 0 Å². The lowest BCUT2D eigenvalue weighted by Gasteiger charge is -2.39. The van der Waals surface area contributed by atoms with Crippen molar-refractivity contribution < 1.29 is 4.79 Å². The van der Waals surface area contributed by atoms with E-state index in [-0.39, 0.29) is 6.03 Å². The van der Waals surface area contributed by atoms with Gasteiger partial charge >= 0.3 is 6.03 Å². The number of likely N-dealkylation sites (tertiary alicyclic amines) is 1. The summed E-state index contributed by atoms with van der Waals surface area (Å²) >= 11 is 0. The Balaban J connectivity index is 1.42. The van der Waals surface area contributed by atoms with Crippen molar-refractivity contribution in [1.82, 2.24) is 15.5 Å². The predicted molar refractivity (Wildman–Crippen MR) is 89.9 cm³/mol. The summed E-state index contributed by atoms with van der Waals surface area (Å²) in [5.41, 5.74) is 0. The molecule has 3 rings (SSSR count). The van der Waals surface area contributed by atoms with Crippen LogP contribution in [0.25, 0.3) is 0 Å². The predicted octanol–water partition coefficient (Wildman–Crippen LogP) is 3.13. The van der Waals surface area contributed by atoms with Crippen molar-refractivity contribution in [2.45, 2.75) is 76.8 Å². The molecule has 4 heteroatoms. The van der Waals surface area contributed by atoms with Gasteiger partial charge in [-0.1, -0.05) is 32.6 Å². The van der Waals surface area contributed by atoms with Crippen LogP contribution in [0.15, 0.2) is 0 Å². The van der Waals surface area contributed by atoms with E-state index in [0.717, 1.165) is 31.3 Å². The summed E-state index contributed by atoms with van der Waals surface area (Å²) in [5, 5.41) is 6.47. The standard InChI is InChI=1S/C18H33N3O/c1-2-21-11-5-8-17(13-21)20-18(22)19-16-10-9-14-6-3-4-7-15(14)12-16/h14-17H,2-13H2,1H3,(H2,19,20,22)/t14-,15+,16-,17+/m1/s1. The van der Waals surface area contributed by atoms with E-state index in [0.29, 0.717) is 12.1 Å². The molecule has 0 aromatic carbocycles. The van der Waals surface area contributed by atoms with E-state index in [4.69, 9.17) is 0 Å². The van der Waals surface area contributed by atoms with E-state index in [1.54, 1.807) is 0 Å². The van der Waals surface area contributed by atoms with Gasteiger partial charge in [0.2, 0.25) is 0 Å². The van der Waals surface area contributed by atoms with E-state index < -0.39 is 0 Å². The van der Waals surface area contributed by atoms with Gasteiger partial charge in [-0.05, 0) is 57.0 Å². The van der Waals surface area contributed by atoms with Crippen LogP contribution >= 0.6 is 0 Å². The number of piperidine rings is 1. The second kappa shape index (κ2) is 7.67. The van der Waals surface area contributed by atoms with Crippen molar-refractivity contribution in [1.29, 1.82) is 0 Å². The van der Waals surface area contributed by atoms with Gasteiger partial charge in [0.05, 0.1) is 0 Å². The average molecular weight is 307 g/mol. The van der Waals surface area contributed by atoms with Crippen LogP contribution in [0.5, 0.6) is 0 Å². The van der Waals surface area contributed by atoms with Crippen LogP contribution in [0, 0.1) is 11.8 Å². The molecule has 3 fully saturated rings. The van der Waals surface area contributed by atoms with Crippen LogP contribution < -0.4 is 10.6 Å². The maximum absolute atomic E-state index is 12.3. The second-order valence-corrected chi connectivity index (χ2v) is 7.66. The first-order chi connectivity index (χ1) is 10.7. The maximum atomic E-state index is 12.3. The Bertz CT molecular complexity index is 373. The lowest BCUT2D eigenvalue weighted by Crippen LogP contribution is -2.53. The first kappa shape index (κ1) is 16.1. The molecular formula is C18H33N3O. The number of hydrogen-bond acceptors (Lipinski definition) is 2. The molecule has 0 bridgehead atoms. The zero-order valence-electron chi connectivity index (χ0n) is 14.2. The largest absolute Gasteiger partial charge is 0.335 e. The molecule has 0 aromatic heterocycles. The number of hydrogen-bond donors (Lipinski definition) is 2. The molecule has 22 heavy (non-hydrogen) atoms. The Morgan fingerprint density at radius 2 is 1.73 bits per heavy atom. The molecule has 1 saturated heterocycles. The Morgan fingerprint density at radius 1 is 0.955 bits per heavy atom. The summed E-state index contributed by atoms with van der Waals surface area (Å²) in [6, 6.07) is 0.812. The highest BCUT2D eigenvalue weighted by Crippen LogP contribution is 2.40. The highest BCUT2D eigenvalue weighted by atomic mass is 16.2. The molecule has 2 N–H and O–H groups in total. The summed E-state index contributed by atoms with van der Waals surface area (Å²) in [4.78, 5) is 14.7. The molecule has 0 unspecified atom stereocenters. The monoisotopic (exact) mass is 307 g/mol. The first-order valence-electron chi connectivity index (χ1n) is 9.54. The number of carbonyl (C=O) groups excluding carboxylic acids is 1. The Morgan fingerprint density at radius 3 is 2.55 bits per heavy atom. The van der Waals surface area contributed by atoms with Crippen molar-refractivity contribution in [2.75, 3.05) is 19.6 Å². The third kappa shape index (κ3) is 4.15. The summed E-state index contributed by atoms with van der Waals surface area (Å²) in [7, 11) is 0. The van der Waals surface area contributed by atoms with Crippen LogP contribution in [0.4, 0.5) is 4.79 Å². The molecule has 1 heterocycles. The van der Waals surface area contributed by atoms with E-state index in [9.17, 15) is 4.79 Å². The molecule has 0 aromatic rings. The van der Waals surface area contributed by atoms with Crippen LogP contribution in [0.3, 0.4) is 0 Å². The molecular weight excluding hydrogens is 274 g/mol. The smallest absolute Gasteiger partial charge is 0.315 e. The highest BCUT2D eigenvalue weighted by molar-refractivity contribution is 5.74. The fraction of sp³-hybridized carbons (Fsp3) is 0.944. The third-order valence-electron chi connectivity index (χ3n) is 6.16. The number of nitrogens with one attached hydrogen (secondary N) is 2. The third-order valence-corrected chi connectivity index (χ3v) is 6.16. The van der Waals surface area contributed by atoms with Crippen LogP contribution in [-0.4, -0.2) is 42.6 Å². The van der Waals surface area contributed by atoms with Gasteiger partial charge in [0.1, 0.15) is 0 Å². The lowest BCUT2D eigenvalue weighted by molar-refractivity contribution is 0.142. The van der Waals surface area contributed by atoms with Crippen molar-refractivity contribution in [2.24, 2.45) is 11.8 Å². The number of urea groups is 1. The van der Waals surface area contributed by atoms with Crippen LogP contribution in [0.2, 0.25) is 0 Å². The number of nitrogens with zero attached hydrogens (tertiary/aromatic N) is 1. The molecule has 0 spiro atoms. The number of likely N-dealkylation sites (N-methyl/N-ethyl adjacent to an activating group) is 1. The molecule has 126 valence electrons. The van der Waals surface area contributed by atoms with E-state index in [1.165, 1.54) is 57.9 Å². The fourth-order valence-corrected chi connectivity index (χ4v) is 4.88. The number of carbonyl (C=O) groups is 1. The molecule has 2 amide bonds. The second-order valence-electron chi connectivity index (χ2n) is 7.66. The van der Waals surface area contributed by atoms with Crippen molar-refractivity contribution in [3.05, 3.63) is 0 Å². The highest BCUT2D eigenvalue weighted by Gasteiger charge is 2.33. The lowest BCUT2D eigenvalue weighted by atomic mass is 9.69. The quantitative estimate of drug-likeness (QED) is 0.841. The Labute approximate surface area is 135 Å². The minimum absolute atomic E-state index is 0.0715. The Hall–Kier alpha value is -0.770. The van der Waals surface area contributed by atoms with E-state index in [2.05, 4.69) is 22.5 Å². The first-order valence-corrected chi connectivity index (χ1v) is 9.54. The Kier molecular flexibility index (Phi) is 5.61. The maximum Gasteiger partial charge on any atom is 0.315 e. The molecule has 0 radical (unpaired) electrons. The number of amides is 2. The fourth-order valence-electron chi connectivity index (χ4n) is 4.88. The zero-order valence-corrected chi connectivity index (χ0v) is 14.2. The van der Waals surface area contributed by atoms with Crippen molar-refractivity contribution in [3.8, 4) is 0 Å². The molecule has 3 aliphatic rings. The van der Waals surface area contributed by atoms with Crippen LogP contribution in [-0.2, 0) is 0 Å². The van der Waals surface area contributed by atoms with Gasteiger partial charge in [0, 0.05) is 18.6 Å². The van der Waals surface area contributed by atoms with Gasteiger partial charge in [-0.2, -0.15) is 0 Å². The van der Waals surface area contributed by atoms with E-state index in [1.807, 2.05) is 0 Å². The molecule has 2 saturated carbocycles. The van der Waals surface area contributed by atoms with Gasteiger partial charge in [-0.15, -0.1) is 0 Å². The van der Waals surface area contributed by atoms with Crippen LogP contribution in [0.1, 0.15) is 64.7 Å². The summed E-state index contributed by atoms with van der Waals surface area (Å²) in [6.45, 7) is 5.48. The summed E-state index contributed by atoms with van der Waals surface area (Å²) < 4.78 is 0. The summed E-state index contributed by atoms with van der Waals surface area (Å²) in [6.07, 6.45) is 11.7. The zero-order chi connectivity index (χ0) is 15.4. The SMILES string of the molecule is CCN1CCC[C@H](NC(=O)N[C@@H]2CC[C@H]3CCCC[C@H]3C2)C1. The minimum atomic E-state index is 0.0715. The van der Waals surface area contributed by atoms with Crippen molar-refractivity contribution in [3.63, 3.8) is 0 Å². The molecule has 4 atom stereocenters. The molecule has 2 aliphatic carbocycles. The normalized spacial score (nSPS) is 36.4. The minimum Gasteiger partial charge on any atom is -0.335 e. The van der Waals surface area contributed by atoms with Gasteiger partial charge in [-0.3, -0.25) is 0 Å². The van der Waals surface area contributed by atoms with Crippen molar-refractivity contribution >= 4 is 6.03 Å². The topological polar surface area (TPSA) is 44.4 Å². The number of rotatable bonds is 3. The molecule has 1 aliphatic heterocycles. The van der Waals surface area contributed by atoms with Gasteiger partial charge in [0.25, 0.3) is 0 Å². The number of fused-ring (bicyclic) bond motifs is 1. The molecule has 4 nitrogen and oxygen atoms in total. The van der Waals surface area contributed by atoms with Gasteiger partial charge in [-0.25, -0.2) is 4.79 Å². The summed E-state index contributed by atoms with van der Waals surface area (Å²) in [5.74, 6) is 1.82. The van der Waals surface area contributed by atoms with Gasteiger partial charge in [0.15, 0.2) is 0 Å².